The molecule has 12 heavy (non-hydrogen) atoms. The summed E-state index contributed by atoms with van der Waals surface area (Å²) in [6, 6.07) is 3.44. The average Bonchev–Trinajstić information content (AvgIpc) is 2.01. The van der Waals surface area contributed by atoms with E-state index in [0.29, 0.717) is 5.56 Å². The number of rotatable bonds is 1. The topological polar surface area (TPSA) is 0 Å². The Morgan fingerprint density at radius 3 is 2.42 bits per heavy atom. The van der Waals surface area contributed by atoms with Crippen molar-refractivity contribution in [2.45, 2.75) is 20.8 Å². The lowest BCUT2D eigenvalue weighted by molar-refractivity contribution is 0.617. The molecule has 1 rings (SSSR count). The lowest BCUT2D eigenvalue weighted by atomic mass is 10.0. The molecule has 0 amide bonds. The van der Waals surface area contributed by atoms with E-state index in [9.17, 15) is 4.39 Å². The molecule has 0 atom stereocenters. The Kier molecular flexibility index (Phi) is 2.64. The molecule has 0 bridgehead atoms. The van der Waals surface area contributed by atoms with Gasteiger partial charge in [0.2, 0.25) is 0 Å². The normalized spacial score (nSPS) is 11.0. The molecule has 0 saturated carbocycles. The molecule has 0 aliphatic rings. The van der Waals surface area contributed by atoms with Crippen molar-refractivity contribution in [1.29, 1.82) is 0 Å². The van der Waals surface area contributed by atoms with Gasteiger partial charge in [-0.05, 0) is 43.5 Å². The fourth-order valence-corrected chi connectivity index (χ4v) is 1.20. The minimum Gasteiger partial charge on any atom is -0.207 e. The van der Waals surface area contributed by atoms with Gasteiger partial charge in [-0.15, -0.1) is 0 Å². The highest BCUT2D eigenvalue weighted by atomic mass is 19.1. The number of benzene rings is 1. The van der Waals surface area contributed by atoms with Crippen molar-refractivity contribution >= 4 is 6.08 Å². The van der Waals surface area contributed by atoms with Crippen molar-refractivity contribution in [3.8, 4) is 0 Å². The molecule has 0 nitrogen and oxygen atoms in total. The zero-order valence-electron chi connectivity index (χ0n) is 7.69. The van der Waals surface area contributed by atoms with Crippen molar-refractivity contribution in [1.82, 2.24) is 0 Å². The molecule has 0 aliphatic carbocycles. The number of hydrogen-bond donors (Lipinski definition) is 0. The molecular weight excluding hydrogens is 151 g/mol. The van der Waals surface area contributed by atoms with Gasteiger partial charge >= 0.3 is 0 Å². The van der Waals surface area contributed by atoms with Crippen LogP contribution in [-0.4, -0.2) is 0 Å². The molecule has 0 saturated heterocycles. The predicted molar refractivity (Wildman–Crippen MR) is 50.6 cm³/mol. The van der Waals surface area contributed by atoms with Gasteiger partial charge in [0.05, 0.1) is 0 Å². The predicted octanol–water partition coefficient (Wildman–Crippen LogP) is 3.48. The number of aryl methyl sites for hydroxylation is 2. The molecule has 1 aromatic carbocycles. The van der Waals surface area contributed by atoms with Gasteiger partial charge in [0.15, 0.2) is 0 Å². The zero-order chi connectivity index (χ0) is 9.14. The van der Waals surface area contributed by atoms with Gasteiger partial charge < -0.3 is 0 Å². The van der Waals surface area contributed by atoms with Gasteiger partial charge in [-0.1, -0.05) is 18.2 Å². The third kappa shape index (κ3) is 1.73. The number of hydrogen-bond acceptors (Lipinski definition) is 0. The molecule has 0 N–H and O–H groups in total. The van der Waals surface area contributed by atoms with Crippen LogP contribution in [-0.2, 0) is 0 Å². The Labute approximate surface area is 72.7 Å². The minimum absolute atomic E-state index is 0.131. The maximum atomic E-state index is 13.0. The Hall–Kier alpha value is -1.11. The van der Waals surface area contributed by atoms with E-state index in [2.05, 4.69) is 0 Å². The van der Waals surface area contributed by atoms with Crippen LogP contribution in [0.3, 0.4) is 0 Å². The smallest absolute Gasteiger partial charge is 0.126 e. The molecule has 1 aromatic rings. The van der Waals surface area contributed by atoms with Crippen molar-refractivity contribution in [3.63, 3.8) is 0 Å². The quantitative estimate of drug-likeness (QED) is 0.596. The van der Waals surface area contributed by atoms with Crippen LogP contribution < -0.4 is 0 Å². The van der Waals surface area contributed by atoms with Crippen molar-refractivity contribution < 1.29 is 4.39 Å². The Morgan fingerprint density at radius 2 is 1.83 bits per heavy atom. The summed E-state index contributed by atoms with van der Waals surface area (Å²) in [4.78, 5) is 0. The first-order valence-corrected chi connectivity index (χ1v) is 4.04. The molecule has 0 spiro atoms. The fraction of sp³-hybridized carbons (Fsp3) is 0.273. The summed E-state index contributed by atoms with van der Waals surface area (Å²) in [6.07, 6.45) is 3.83. The molecule has 0 aromatic heterocycles. The Bertz CT molecular complexity index is 311. The Balaban J connectivity index is 3.23. The number of halogens is 1. The second-order valence-electron chi connectivity index (χ2n) is 2.96. The van der Waals surface area contributed by atoms with Crippen LogP contribution in [0.25, 0.3) is 6.08 Å². The largest absolute Gasteiger partial charge is 0.207 e. The van der Waals surface area contributed by atoms with Crippen molar-refractivity contribution in [2.24, 2.45) is 0 Å². The summed E-state index contributed by atoms with van der Waals surface area (Å²) >= 11 is 0. The monoisotopic (exact) mass is 164 g/mol. The molecule has 0 unspecified atom stereocenters. The summed E-state index contributed by atoms with van der Waals surface area (Å²) in [5.74, 6) is -0.131. The summed E-state index contributed by atoms with van der Waals surface area (Å²) in [6.45, 7) is 5.70. The van der Waals surface area contributed by atoms with E-state index < -0.39 is 0 Å². The van der Waals surface area contributed by atoms with E-state index in [1.807, 2.05) is 32.1 Å². The van der Waals surface area contributed by atoms with Crippen LogP contribution in [0.2, 0.25) is 0 Å². The standard InChI is InChI=1S/C11H13F/c1-4-5-10-7-11(12)9(3)6-8(10)2/h4-7H,1-3H3/b5-4-. The van der Waals surface area contributed by atoms with Gasteiger partial charge in [0.1, 0.15) is 5.82 Å². The highest BCUT2D eigenvalue weighted by Gasteiger charge is 2.00. The van der Waals surface area contributed by atoms with Crippen LogP contribution in [0.5, 0.6) is 0 Å². The molecule has 0 aliphatic heterocycles. The minimum atomic E-state index is -0.131. The molecular formula is C11H13F. The fourth-order valence-electron chi connectivity index (χ4n) is 1.20. The lowest BCUT2D eigenvalue weighted by Gasteiger charge is -2.02. The Morgan fingerprint density at radius 1 is 1.17 bits per heavy atom. The summed E-state index contributed by atoms with van der Waals surface area (Å²) < 4.78 is 13.0. The second-order valence-corrected chi connectivity index (χ2v) is 2.96. The van der Waals surface area contributed by atoms with Crippen LogP contribution in [0.4, 0.5) is 4.39 Å². The second kappa shape index (κ2) is 3.53. The van der Waals surface area contributed by atoms with Crippen molar-refractivity contribution in [3.05, 3.63) is 40.7 Å². The van der Waals surface area contributed by atoms with E-state index in [4.69, 9.17) is 0 Å². The van der Waals surface area contributed by atoms with E-state index in [0.717, 1.165) is 11.1 Å². The van der Waals surface area contributed by atoms with E-state index >= 15 is 0 Å². The van der Waals surface area contributed by atoms with E-state index in [-0.39, 0.29) is 5.82 Å². The van der Waals surface area contributed by atoms with Crippen LogP contribution in [0, 0.1) is 19.7 Å². The first-order chi connectivity index (χ1) is 5.65. The maximum Gasteiger partial charge on any atom is 0.126 e. The first kappa shape index (κ1) is 8.98. The zero-order valence-corrected chi connectivity index (χ0v) is 7.69. The molecule has 0 radical (unpaired) electrons. The third-order valence-corrected chi connectivity index (χ3v) is 1.89. The van der Waals surface area contributed by atoms with Gasteiger partial charge in [-0.2, -0.15) is 0 Å². The molecule has 1 heteroatoms. The van der Waals surface area contributed by atoms with Gasteiger partial charge in [-0.25, -0.2) is 4.39 Å². The maximum absolute atomic E-state index is 13.0. The molecule has 64 valence electrons. The SMILES string of the molecule is C/C=C\c1cc(F)c(C)cc1C. The first-order valence-electron chi connectivity index (χ1n) is 4.04. The summed E-state index contributed by atoms with van der Waals surface area (Å²) in [5.41, 5.74) is 2.79. The molecule has 0 heterocycles. The van der Waals surface area contributed by atoms with Gasteiger partial charge in [0.25, 0.3) is 0 Å². The summed E-state index contributed by atoms with van der Waals surface area (Å²) in [7, 11) is 0. The van der Waals surface area contributed by atoms with E-state index in [1.54, 1.807) is 13.0 Å². The number of allylic oxidation sites excluding steroid dienone is 1. The van der Waals surface area contributed by atoms with Crippen LogP contribution in [0.1, 0.15) is 23.6 Å². The summed E-state index contributed by atoms with van der Waals surface area (Å²) in [5, 5.41) is 0. The van der Waals surface area contributed by atoms with Gasteiger partial charge in [0, 0.05) is 0 Å². The molecule has 0 fully saturated rings. The van der Waals surface area contributed by atoms with E-state index in [1.165, 1.54) is 0 Å². The van der Waals surface area contributed by atoms with Crippen LogP contribution in [0.15, 0.2) is 18.2 Å². The van der Waals surface area contributed by atoms with Gasteiger partial charge in [-0.3, -0.25) is 0 Å². The lowest BCUT2D eigenvalue weighted by Crippen LogP contribution is -1.87. The van der Waals surface area contributed by atoms with Crippen LogP contribution >= 0.6 is 0 Å². The third-order valence-electron chi connectivity index (χ3n) is 1.89. The highest BCUT2D eigenvalue weighted by molar-refractivity contribution is 5.54. The highest BCUT2D eigenvalue weighted by Crippen LogP contribution is 2.15. The van der Waals surface area contributed by atoms with Crippen molar-refractivity contribution in [2.75, 3.05) is 0 Å². The average molecular weight is 164 g/mol.